The van der Waals surface area contributed by atoms with E-state index in [2.05, 4.69) is 5.32 Å². The van der Waals surface area contributed by atoms with Gasteiger partial charge < -0.3 is 15.3 Å². The molecule has 0 aromatic rings. The molecule has 0 bridgehead atoms. The zero-order valence-electron chi connectivity index (χ0n) is 12.8. The molecule has 1 aliphatic rings. The third-order valence-electron chi connectivity index (χ3n) is 4.46. The van der Waals surface area contributed by atoms with Crippen LogP contribution in [0.1, 0.15) is 33.1 Å². The van der Waals surface area contributed by atoms with Gasteiger partial charge in [-0.25, -0.2) is 13.2 Å². The number of amides is 2. The summed E-state index contributed by atoms with van der Waals surface area (Å²) in [4.78, 5) is 24.8. The van der Waals surface area contributed by atoms with E-state index >= 15 is 0 Å². The minimum atomic E-state index is -3.06. The van der Waals surface area contributed by atoms with Crippen LogP contribution in [-0.4, -0.2) is 61.6 Å². The van der Waals surface area contributed by atoms with Gasteiger partial charge >= 0.3 is 12.0 Å². The second-order valence-corrected chi connectivity index (χ2v) is 7.85. The second-order valence-electron chi connectivity index (χ2n) is 5.62. The smallest absolute Gasteiger partial charge is 0.317 e. The molecule has 1 unspecified atom stereocenters. The average Bonchev–Trinajstić information content (AvgIpc) is 2.79. The van der Waals surface area contributed by atoms with E-state index in [9.17, 15) is 23.1 Å². The molecular formula is C13H24N2O5S. The lowest BCUT2D eigenvalue weighted by Crippen LogP contribution is -2.49. The van der Waals surface area contributed by atoms with Gasteiger partial charge in [0.1, 0.15) is 0 Å². The Morgan fingerprint density at radius 2 is 1.90 bits per heavy atom. The molecule has 7 nitrogen and oxygen atoms in total. The fourth-order valence-electron chi connectivity index (χ4n) is 2.49. The highest BCUT2D eigenvalue weighted by Gasteiger charge is 2.37. The lowest BCUT2D eigenvalue weighted by molar-refractivity contribution is -0.149. The number of hydrogen-bond acceptors (Lipinski definition) is 4. The molecule has 0 saturated carbocycles. The molecule has 0 aromatic carbocycles. The van der Waals surface area contributed by atoms with Gasteiger partial charge in [0, 0.05) is 19.6 Å². The minimum absolute atomic E-state index is 0.0252. The zero-order chi connectivity index (χ0) is 16.3. The van der Waals surface area contributed by atoms with Crippen molar-refractivity contribution in [2.24, 2.45) is 5.41 Å². The van der Waals surface area contributed by atoms with E-state index in [0.717, 1.165) is 0 Å². The Balaban J connectivity index is 2.63. The molecule has 1 fully saturated rings. The van der Waals surface area contributed by atoms with Crippen molar-refractivity contribution in [2.75, 3.05) is 25.1 Å². The van der Waals surface area contributed by atoms with Crippen molar-refractivity contribution in [3.63, 3.8) is 0 Å². The number of nitrogens with zero attached hydrogens (tertiary/aromatic N) is 1. The van der Waals surface area contributed by atoms with Crippen LogP contribution in [0.2, 0.25) is 0 Å². The van der Waals surface area contributed by atoms with Gasteiger partial charge in [-0.1, -0.05) is 13.8 Å². The standard InChI is InChI=1S/C13H24N2O5S/c1-4-13(5-2,11(16)17)9-14-12(18)15(3)10-6-7-21(19,20)8-10/h10H,4-9H2,1-3H3,(H,14,18)(H,16,17). The van der Waals surface area contributed by atoms with Gasteiger partial charge in [0.25, 0.3) is 0 Å². The van der Waals surface area contributed by atoms with E-state index in [1.165, 1.54) is 4.90 Å². The van der Waals surface area contributed by atoms with Crippen LogP contribution in [-0.2, 0) is 14.6 Å². The summed E-state index contributed by atoms with van der Waals surface area (Å²) in [6.45, 7) is 3.59. The summed E-state index contributed by atoms with van der Waals surface area (Å²) in [7, 11) is -1.51. The predicted octanol–water partition coefficient (Wildman–Crippen LogP) is 0.706. The third kappa shape index (κ3) is 4.09. The Morgan fingerprint density at radius 3 is 2.29 bits per heavy atom. The molecule has 21 heavy (non-hydrogen) atoms. The molecule has 1 rings (SSSR count). The quantitative estimate of drug-likeness (QED) is 0.750. The van der Waals surface area contributed by atoms with Gasteiger partial charge in [-0.05, 0) is 19.3 Å². The number of sulfone groups is 1. The highest BCUT2D eigenvalue weighted by molar-refractivity contribution is 7.91. The van der Waals surface area contributed by atoms with Crippen LogP contribution in [0.25, 0.3) is 0 Å². The van der Waals surface area contributed by atoms with E-state index in [1.807, 2.05) is 0 Å². The van der Waals surface area contributed by atoms with Crippen molar-refractivity contribution < 1.29 is 23.1 Å². The first-order valence-electron chi connectivity index (χ1n) is 7.12. The van der Waals surface area contributed by atoms with Crippen LogP contribution >= 0.6 is 0 Å². The molecule has 8 heteroatoms. The van der Waals surface area contributed by atoms with Crippen LogP contribution in [0.15, 0.2) is 0 Å². The maximum absolute atomic E-state index is 12.1. The fraction of sp³-hybridized carbons (Fsp3) is 0.846. The molecular weight excluding hydrogens is 296 g/mol. The van der Waals surface area contributed by atoms with Gasteiger partial charge in [0.2, 0.25) is 0 Å². The maximum Gasteiger partial charge on any atom is 0.317 e. The Kier molecular flexibility index (Phi) is 5.61. The molecule has 1 aliphatic heterocycles. The molecule has 0 radical (unpaired) electrons. The van der Waals surface area contributed by atoms with Crippen molar-refractivity contribution in [2.45, 2.75) is 39.2 Å². The van der Waals surface area contributed by atoms with Crippen LogP contribution in [0.3, 0.4) is 0 Å². The maximum atomic E-state index is 12.1. The number of carbonyl (C=O) groups is 2. The van der Waals surface area contributed by atoms with E-state index in [1.54, 1.807) is 20.9 Å². The number of nitrogens with one attached hydrogen (secondary N) is 1. The molecule has 1 heterocycles. The molecule has 1 saturated heterocycles. The first-order chi connectivity index (χ1) is 9.67. The van der Waals surface area contributed by atoms with Crippen molar-refractivity contribution >= 4 is 21.8 Å². The number of aliphatic carboxylic acids is 1. The normalized spacial score (nSPS) is 21.0. The molecule has 0 aliphatic carbocycles. The molecule has 2 N–H and O–H groups in total. The zero-order valence-corrected chi connectivity index (χ0v) is 13.6. The summed E-state index contributed by atoms with van der Waals surface area (Å²) in [6.07, 6.45) is 1.26. The van der Waals surface area contributed by atoms with Crippen molar-refractivity contribution in [3.8, 4) is 0 Å². The third-order valence-corrected chi connectivity index (χ3v) is 6.21. The van der Waals surface area contributed by atoms with Crippen LogP contribution in [0.5, 0.6) is 0 Å². The SMILES string of the molecule is CCC(CC)(CNC(=O)N(C)C1CCS(=O)(=O)C1)C(=O)O. The highest BCUT2D eigenvalue weighted by Crippen LogP contribution is 2.26. The van der Waals surface area contributed by atoms with Gasteiger partial charge in [-0.3, -0.25) is 4.79 Å². The monoisotopic (exact) mass is 320 g/mol. The summed E-state index contributed by atoms with van der Waals surface area (Å²) in [6, 6.07) is -0.762. The second kappa shape index (κ2) is 6.64. The summed E-state index contributed by atoms with van der Waals surface area (Å²) in [5.41, 5.74) is -0.974. The Bertz CT molecular complexity index is 499. The van der Waals surface area contributed by atoms with E-state index in [0.29, 0.717) is 19.3 Å². The minimum Gasteiger partial charge on any atom is -0.481 e. The topological polar surface area (TPSA) is 104 Å². The summed E-state index contributed by atoms with van der Waals surface area (Å²) in [5.74, 6) is -0.861. The first-order valence-corrected chi connectivity index (χ1v) is 8.94. The van der Waals surface area contributed by atoms with Crippen LogP contribution < -0.4 is 5.32 Å². The first kappa shape index (κ1) is 17.7. The highest BCUT2D eigenvalue weighted by atomic mass is 32.2. The van der Waals surface area contributed by atoms with Gasteiger partial charge in [0.05, 0.1) is 16.9 Å². The number of hydrogen-bond donors (Lipinski definition) is 2. The summed E-state index contributed by atoms with van der Waals surface area (Å²) >= 11 is 0. The average molecular weight is 320 g/mol. The van der Waals surface area contributed by atoms with Crippen LogP contribution in [0, 0.1) is 5.41 Å². The predicted molar refractivity (Wildman–Crippen MR) is 78.9 cm³/mol. The van der Waals surface area contributed by atoms with Crippen LogP contribution in [0.4, 0.5) is 4.79 Å². The van der Waals surface area contributed by atoms with E-state index in [4.69, 9.17) is 0 Å². The Labute approximate surface area is 125 Å². The van der Waals surface area contributed by atoms with Crippen molar-refractivity contribution in [1.29, 1.82) is 0 Å². The van der Waals surface area contributed by atoms with Crippen molar-refractivity contribution in [3.05, 3.63) is 0 Å². The molecule has 1 atom stereocenters. The molecule has 0 spiro atoms. The van der Waals surface area contributed by atoms with Gasteiger partial charge in [-0.2, -0.15) is 0 Å². The molecule has 0 aromatic heterocycles. The summed E-state index contributed by atoms with van der Waals surface area (Å²) in [5, 5.41) is 11.9. The van der Waals surface area contributed by atoms with Gasteiger partial charge in [0.15, 0.2) is 9.84 Å². The number of carbonyl (C=O) groups excluding carboxylic acids is 1. The van der Waals surface area contributed by atoms with E-state index < -0.39 is 27.3 Å². The van der Waals surface area contributed by atoms with Gasteiger partial charge in [-0.15, -0.1) is 0 Å². The molecule has 2 amide bonds. The lowest BCUT2D eigenvalue weighted by Gasteiger charge is -2.29. The number of urea groups is 1. The fourth-order valence-corrected chi connectivity index (χ4v) is 4.27. The number of carboxylic acid groups (broad SMARTS) is 1. The number of carboxylic acids is 1. The van der Waals surface area contributed by atoms with Crippen molar-refractivity contribution in [1.82, 2.24) is 10.2 Å². The Hall–Kier alpha value is -1.31. The van der Waals surface area contributed by atoms with E-state index in [-0.39, 0.29) is 24.1 Å². The Morgan fingerprint density at radius 1 is 1.33 bits per heavy atom. The number of rotatable bonds is 6. The summed E-state index contributed by atoms with van der Waals surface area (Å²) < 4.78 is 22.9. The molecule has 122 valence electrons. The lowest BCUT2D eigenvalue weighted by atomic mass is 9.82. The largest absolute Gasteiger partial charge is 0.481 e.